The van der Waals surface area contributed by atoms with Crippen molar-refractivity contribution in [3.63, 3.8) is 0 Å². The van der Waals surface area contributed by atoms with Gasteiger partial charge in [-0.05, 0) is 40.5 Å². The van der Waals surface area contributed by atoms with Gasteiger partial charge < -0.3 is 10.1 Å². The Morgan fingerprint density at radius 3 is 2.95 bits per heavy atom. The van der Waals surface area contributed by atoms with E-state index in [9.17, 15) is 4.79 Å². The number of anilines is 1. The summed E-state index contributed by atoms with van der Waals surface area (Å²) in [7, 11) is 1.57. The zero-order chi connectivity index (χ0) is 13.8. The normalized spacial score (nSPS) is 10.3. The minimum absolute atomic E-state index is 0.153. The number of hydrogen-bond donors (Lipinski definition) is 1. The number of methoxy groups -OCH3 is 1. The Labute approximate surface area is 119 Å². The van der Waals surface area contributed by atoms with E-state index < -0.39 is 0 Å². The van der Waals surface area contributed by atoms with E-state index in [-0.39, 0.29) is 12.5 Å². The van der Waals surface area contributed by atoms with Gasteiger partial charge in [-0.1, -0.05) is 6.07 Å². The lowest BCUT2D eigenvalue weighted by Gasteiger charge is -2.11. The molecule has 19 heavy (non-hydrogen) atoms. The second-order valence-electron chi connectivity index (χ2n) is 4.11. The molecular formula is C13H14BrN3O2. The maximum atomic E-state index is 11.9. The summed E-state index contributed by atoms with van der Waals surface area (Å²) >= 11 is 3.29. The second-order valence-corrected chi connectivity index (χ2v) is 5.02. The highest BCUT2D eigenvalue weighted by Gasteiger charge is 2.09. The van der Waals surface area contributed by atoms with E-state index in [0.717, 1.165) is 10.0 Å². The van der Waals surface area contributed by atoms with Crippen molar-refractivity contribution in [2.75, 3.05) is 12.4 Å². The molecule has 0 radical (unpaired) electrons. The van der Waals surface area contributed by atoms with Crippen LogP contribution in [0, 0.1) is 6.92 Å². The van der Waals surface area contributed by atoms with Crippen LogP contribution in [0.3, 0.4) is 0 Å². The van der Waals surface area contributed by atoms with Gasteiger partial charge in [0.2, 0.25) is 5.91 Å². The molecule has 1 aromatic heterocycles. The first kappa shape index (κ1) is 13.6. The minimum Gasteiger partial charge on any atom is -0.495 e. The summed E-state index contributed by atoms with van der Waals surface area (Å²) in [5.74, 6) is 0.486. The summed E-state index contributed by atoms with van der Waals surface area (Å²) in [4.78, 5) is 11.9. The summed E-state index contributed by atoms with van der Waals surface area (Å²) in [5, 5.41) is 6.86. The standard InChI is InChI=1S/C13H14BrN3O2/c1-9-3-4-12(19-2)11(5-9)16-13(18)8-17-7-10(14)6-15-17/h3-7H,8H2,1-2H3,(H,16,18). The Bertz CT molecular complexity index is 595. The van der Waals surface area contributed by atoms with Crippen molar-refractivity contribution in [2.24, 2.45) is 0 Å². The highest BCUT2D eigenvalue weighted by molar-refractivity contribution is 9.10. The molecule has 0 saturated heterocycles. The highest BCUT2D eigenvalue weighted by Crippen LogP contribution is 2.25. The van der Waals surface area contributed by atoms with Gasteiger partial charge in [-0.3, -0.25) is 9.48 Å². The topological polar surface area (TPSA) is 56.1 Å². The molecule has 1 N–H and O–H groups in total. The van der Waals surface area contributed by atoms with Gasteiger partial charge in [0.25, 0.3) is 0 Å². The summed E-state index contributed by atoms with van der Waals surface area (Å²) in [5.41, 5.74) is 1.72. The predicted molar refractivity (Wildman–Crippen MR) is 76.3 cm³/mol. The maximum absolute atomic E-state index is 11.9. The first-order valence-corrected chi connectivity index (χ1v) is 6.50. The molecule has 0 aliphatic heterocycles. The SMILES string of the molecule is COc1ccc(C)cc1NC(=O)Cn1cc(Br)cn1. The van der Waals surface area contributed by atoms with Crippen LogP contribution in [0.25, 0.3) is 0 Å². The molecule has 0 saturated carbocycles. The lowest BCUT2D eigenvalue weighted by atomic mass is 10.2. The summed E-state index contributed by atoms with van der Waals surface area (Å²) in [6.45, 7) is 2.11. The van der Waals surface area contributed by atoms with Gasteiger partial charge in [-0.25, -0.2) is 0 Å². The molecule has 0 unspecified atom stereocenters. The number of halogens is 1. The Hall–Kier alpha value is -1.82. The number of ether oxygens (including phenoxy) is 1. The zero-order valence-electron chi connectivity index (χ0n) is 10.7. The molecule has 1 heterocycles. The average molecular weight is 324 g/mol. The lowest BCUT2D eigenvalue weighted by Crippen LogP contribution is -2.19. The van der Waals surface area contributed by atoms with Gasteiger partial charge in [-0.15, -0.1) is 0 Å². The number of aryl methyl sites for hydroxylation is 1. The van der Waals surface area contributed by atoms with E-state index >= 15 is 0 Å². The monoisotopic (exact) mass is 323 g/mol. The smallest absolute Gasteiger partial charge is 0.246 e. The van der Waals surface area contributed by atoms with Crippen LogP contribution in [0.15, 0.2) is 35.1 Å². The van der Waals surface area contributed by atoms with Crippen LogP contribution in [0.2, 0.25) is 0 Å². The van der Waals surface area contributed by atoms with E-state index in [1.165, 1.54) is 0 Å². The second kappa shape index (κ2) is 5.88. The third kappa shape index (κ3) is 3.57. The number of aromatic nitrogens is 2. The largest absolute Gasteiger partial charge is 0.495 e. The average Bonchev–Trinajstić information content (AvgIpc) is 2.75. The molecule has 1 amide bonds. The molecule has 1 aromatic carbocycles. The molecule has 0 bridgehead atoms. The molecule has 2 rings (SSSR count). The third-order valence-electron chi connectivity index (χ3n) is 2.54. The van der Waals surface area contributed by atoms with Crippen molar-refractivity contribution < 1.29 is 9.53 Å². The van der Waals surface area contributed by atoms with Crippen molar-refractivity contribution in [2.45, 2.75) is 13.5 Å². The van der Waals surface area contributed by atoms with E-state index in [1.807, 2.05) is 25.1 Å². The number of rotatable bonds is 4. The van der Waals surface area contributed by atoms with Gasteiger partial charge in [0.15, 0.2) is 0 Å². The zero-order valence-corrected chi connectivity index (χ0v) is 12.3. The van der Waals surface area contributed by atoms with E-state index in [2.05, 4.69) is 26.3 Å². The van der Waals surface area contributed by atoms with Crippen LogP contribution < -0.4 is 10.1 Å². The molecule has 0 aliphatic carbocycles. The fourth-order valence-corrected chi connectivity index (χ4v) is 2.01. The van der Waals surface area contributed by atoms with Crippen LogP contribution in [0.5, 0.6) is 5.75 Å². The summed E-state index contributed by atoms with van der Waals surface area (Å²) < 4.78 is 7.61. The number of benzene rings is 1. The van der Waals surface area contributed by atoms with Gasteiger partial charge in [0, 0.05) is 6.20 Å². The molecule has 0 atom stereocenters. The van der Waals surface area contributed by atoms with Crippen LogP contribution in [-0.4, -0.2) is 22.8 Å². The predicted octanol–water partition coefficient (Wildman–Crippen LogP) is 2.60. The van der Waals surface area contributed by atoms with Crippen molar-refractivity contribution in [1.29, 1.82) is 0 Å². The number of amides is 1. The van der Waals surface area contributed by atoms with Gasteiger partial charge in [0.1, 0.15) is 12.3 Å². The van der Waals surface area contributed by atoms with Crippen LogP contribution in [-0.2, 0) is 11.3 Å². The summed E-state index contributed by atoms with van der Waals surface area (Å²) in [6.07, 6.45) is 3.38. The van der Waals surface area contributed by atoms with Crippen molar-refractivity contribution in [3.05, 3.63) is 40.6 Å². The molecular weight excluding hydrogens is 310 g/mol. The quantitative estimate of drug-likeness (QED) is 0.940. The van der Waals surface area contributed by atoms with Crippen LogP contribution in [0.4, 0.5) is 5.69 Å². The summed E-state index contributed by atoms with van der Waals surface area (Å²) in [6, 6.07) is 5.63. The number of nitrogens with zero attached hydrogens (tertiary/aromatic N) is 2. The maximum Gasteiger partial charge on any atom is 0.246 e. The molecule has 6 heteroatoms. The van der Waals surface area contributed by atoms with Crippen molar-refractivity contribution in [1.82, 2.24) is 9.78 Å². The third-order valence-corrected chi connectivity index (χ3v) is 2.95. The fraction of sp³-hybridized carbons (Fsp3) is 0.231. The lowest BCUT2D eigenvalue weighted by molar-refractivity contribution is -0.116. The van der Waals surface area contributed by atoms with Gasteiger partial charge in [-0.2, -0.15) is 5.10 Å². The van der Waals surface area contributed by atoms with E-state index in [0.29, 0.717) is 11.4 Å². The minimum atomic E-state index is -0.153. The van der Waals surface area contributed by atoms with E-state index in [4.69, 9.17) is 4.74 Å². The number of hydrogen-bond acceptors (Lipinski definition) is 3. The van der Waals surface area contributed by atoms with Crippen LogP contribution in [0.1, 0.15) is 5.56 Å². The fourth-order valence-electron chi connectivity index (χ4n) is 1.68. The van der Waals surface area contributed by atoms with E-state index in [1.54, 1.807) is 24.2 Å². The first-order chi connectivity index (χ1) is 9.08. The van der Waals surface area contributed by atoms with Crippen LogP contribution >= 0.6 is 15.9 Å². The Morgan fingerprint density at radius 1 is 1.53 bits per heavy atom. The van der Waals surface area contributed by atoms with Gasteiger partial charge in [0.05, 0.1) is 23.5 Å². The Morgan fingerprint density at radius 2 is 2.32 bits per heavy atom. The van der Waals surface area contributed by atoms with Crippen molar-refractivity contribution >= 4 is 27.5 Å². The number of carbonyl (C=O) groups excluding carboxylic acids is 1. The molecule has 5 nitrogen and oxygen atoms in total. The molecule has 100 valence electrons. The first-order valence-electron chi connectivity index (χ1n) is 5.71. The molecule has 0 fully saturated rings. The van der Waals surface area contributed by atoms with Gasteiger partial charge >= 0.3 is 0 Å². The highest BCUT2D eigenvalue weighted by atomic mass is 79.9. The molecule has 2 aromatic rings. The number of carbonyl (C=O) groups is 1. The Kier molecular flexibility index (Phi) is 4.21. The molecule has 0 spiro atoms. The molecule has 0 aliphatic rings. The number of nitrogens with one attached hydrogen (secondary N) is 1. The Balaban J connectivity index is 2.08. The van der Waals surface area contributed by atoms with Crippen molar-refractivity contribution in [3.8, 4) is 5.75 Å².